The van der Waals surface area contributed by atoms with E-state index in [0.29, 0.717) is 0 Å². The second-order valence-corrected chi connectivity index (χ2v) is 9.32. The lowest BCUT2D eigenvalue weighted by Gasteiger charge is -2.34. The van der Waals surface area contributed by atoms with Crippen LogP contribution in [0.4, 0.5) is 0 Å². The van der Waals surface area contributed by atoms with E-state index in [4.69, 9.17) is 37.9 Å². The fourth-order valence-electron chi connectivity index (χ4n) is 4.01. The second kappa shape index (κ2) is 18.8. The van der Waals surface area contributed by atoms with E-state index in [-0.39, 0.29) is 52.9 Å². The molecule has 42 heavy (non-hydrogen) atoms. The summed E-state index contributed by atoms with van der Waals surface area (Å²) in [5.74, 6) is -3.66. The van der Waals surface area contributed by atoms with E-state index in [2.05, 4.69) is 5.32 Å². The van der Waals surface area contributed by atoms with Gasteiger partial charge in [-0.1, -0.05) is 30.3 Å². The number of hydrogen-bond acceptors (Lipinski definition) is 13. The summed E-state index contributed by atoms with van der Waals surface area (Å²) in [5, 5.41) is 2.65. The molecule has 0 spiro atoms. The predicted octanol–water partition coefficient (Wildman–Crippen LogP) is 0.683. The van der Waals surface area contributed by atoms with Gasteiger partial charge >= 0.3 is 23.9 Å². The van der Waals surface area contributed by atoms with E-state index in [0.717, 1.165) is 12.5 Å². The third-order valence-corrected chi connectivity index (χ3v) is 5.73. The molecule has 1 saturated heterocycles. The van der Waals surface area contributed by atoms with Crippen LogP contribution in [0.5, 0.6) is 0 Å². The lowest BCUT2D eigenvalue weighted by Crippen LogP contribution is -2.57. The molecule has 14 nitrogen and oxygen atoms in total. The minimum absolute atomic E-state index is 0.000491. The number of carbonyl (C=O) groups is 5. The number of nitrogens with one attached hydrogen (secondary N) is 1. The molecule has 0 unspecified atom stereocenters. The van der Waals surface area contributed by atoms with E-state index in [1.807, 2.05) is 30.3 Å². The largest absolute Gasteiger partial charge is 0.465 e. The summed E-state index contributed by atoms with van der Waals surface area (Å²) >= 11 is 0. The predicted molar refractivity (Wildman–Crippen MR) is 142 cm³/mol. The Morgan fingerprint density at radius 1 is 0.810 bits per heavy atom. The van der Waals surface area contributed by atoms with Crippen LogP contribution in [0.15, 0.2) is 30.3 Å². The lowest BCUT2D eigenvalue weighted by atomic mass is 9.95. The number of benzene rings is 1. The van der Waals surface area contributed by atoms with Crippen molar-refractivity contribution in [1.29, 1.82) is 0 Å². The van der Waals surface area contributed by atoms with Crippen LogP contribution < -0.4 is 5.32 Å². The highest BCUT2D eigenvalue weighted by Gasteiger charge is 2.48. The minimum atomic E-state index is -1.22. The molecule has 0 bridgehead atoms. The summed E-state index contributed by atoms with van der Waals surface area (Å²) in [6, 6.07) is 8.18. The number of hydrogen-bond donors (Lipinski definition) is 1. The standard InChI is InChI=1S/C28H39NO13/c1-18(30)29-25-27(42-21(4)33)26(41-20(3)32)23(15-38-19(2)31)16-40-28(25)37-13-12-35-10-11-36-17-24(34)39-14-22-8-6-5-7-9-22/h5-9,23,25-28H,10-17H2,1-4H3,(H,29,30)/t23-,25+,26+,27+,28-/m0/s1. The smallest absolute Gasteiger partial charge is 0.332 e. The van der Waals surface area contributed by atoms with E-state index in [1.165, 1.54) is 20.8 Å². The summed E-state index contributed by atoms with van der Waals surface area (Å²) in [7, 11) is 0. The first-order chi connectivity index (χ1) is 20.1. The lowest BCUT2D eigenvalue weighted by molar-refractivity contribution is -0.188. The van der Waals surface area contributed by atoms with Crippen LogP contribution in [0.1, 0.15) is 33.3 Å². The third-order valence-electron chi connectivity index (χ3n) is 5.73. The van der Waals surface area contributed by atoms with Crippen molar-refractivity contribution in [3.8, 4) is 0 Å². The molecule has 1 aliphatic rings. The van der Waals surface area contributed by atoms with Crippen LogP contribution in [0.25, 0.3) is 0 Å². The summed E-state index contributed by atoms with van der Waals surface area (Å²) in [6.45, 7) is 4.81. The van der Waals surface area contributed by atoms with Gasteiger partial charge in [-0.25, -0.2) is 4.79 Å². The summed E-state index contributed by atoms with van der Waals surface area (Å²) < 4.78 is 43.6. The monoisotopic (exact) mass is 597 g/mol. The fraction of sp³-hybridized carbons (Fsp3) is 0.607. The highest BCUT2D eigenvalue weighted by Crippen LogP contribution is 2.27. The SMILES string of the molecule is CC(=O)N[C@H]1[C@@H](OCCOCCOCC(=O)OCc2ccccc2)OC[C@H](COC(C)=O)[C@@H](OC(C)=O)[C@@H]1OC(C)=O. The molecule has 1 fully saturated rings. The zero-order chi connectivity index (χ0) is 30.9. The molecule has 2 rings (SSSR count). The van der Waals surface area contributed by atoms with Gasteiger partial charge in [-0.2, -0.15) is 0 Å². The number of carbonyl (C=O) groups excluding carboxylic acids is 5. The molecule has 1 aromatic carbocycles. The summed E-state index contributed by atoms with van der Waals surface area (Å²) in [6.07, 6.45) is -3.49. The van der Waals surface area contributed by atoms with Gasteiger partial charge in [-0.3, -0.25) is 19.2 Å². The highest BCUT2D eigenvalue weighted by atomic mass is 16.7. The first kappa shape index (κ1) is 34.6. The molecule has 1 amide bonds. The van der Waals surface area contributed by atoms with Crippen molar-refractivity contribution in [2.45, 2.75) is 58.8 Å². The molecule has 0 radical (unpaired) electrons. The summed E-state index contributed by atoms with van der Waals surface area (Å²) in [4.78, 5) is 59.2. The van der Waals surface area contributed by atoms with Gasteiger partial charge < -0.3 is 43.2 Å². The number of esters is 4. The molecule has 0 aromatic heterocycles. The molecule has 1 aliphatic heterocycles. The molecule has 14 heteroatoms. The van der Waals surface area contributed by atoms with Crippen LogP contribution in [0.2, 0.25) is 0 Å². The van der Waals surface area contributed by atoms with Crippen LogP contribution in [0, 0.1) is 5.92 Å². The van der Waals surface area contributed by atoms with E-state index in [9.17, 15) is 24.0 Å². The Kier molecular flexibility index (Phi) is 15.5. The van der Waals surface area contributed by atoms with Crippen molar-refractivity contribution in [1.82, 2.24) is 5.32 Å². The molecule has 1 heterocycles. The van der Waals surface area contributed by atoms with Crippen molar-refractivity contribution < 1.29 is 61.9 Å². The van der Waals surface area contributed by atoms with Crippen LogP contribution in [0.3, 0.4) is 0 Å². The maximum atomic E-state index is 12.1. The van der Waals surface area contributed by atoms with Gasteiger partial charge in [0.1, 0.15) is 25.4 Å². The Balaban J connectivity index is 1.89. The maximum absolute atomic E-state index is 12.1. The minimum Gasteiger partial charge on any atom is -0.465 e. The normalized spacial score (nSPS) is 21.9. The zero-order valence-electron chi connectivity index (χ0n) is 24.2. The van der Waals surface area contributed by atoms with Crippen LogP contribution in [-0.4, -0.2) is 101 Å². The quantitative estimate of drug-likeness (QED) is 0.160. The van der Waals surface area contributed by atoms with Gasteiger partial charge in [0.05, 0.1) is 45.6 Å². The average molecular weight is 598 g/mol. The molecule has 1 aromatic rings. The Morgan fingerprint density at radius 2 is 1.45 bits per heavy atom. The molecule has 1 N–H and O–H groups in total. The maximum Gasteiger partial charge on any atom is 0.332 e. The summed E-state index contributed by atoms with van der Waals surface area (Å²) in [5.41, 5.74) is 0.869. The van der Waals surface area contributed by atoms with Gasteiger partial charge in [-0.05, 0) is 5.56 Å². The second-order valence-electron chi connectivity index (χ2n) is 9.32. The van der Waals surface area contributed by atoms with E-state index in [1.54, 1.807) is 0 Å². The van der Waals surface area contributed by atoms with Crippen molar-refractivity contribution in [3.63, 3.8) is 0 Å². The molecule has 0 aliphatic carbocycles. The van der Waals surface area contributed by atoms with Crippen LogP contribution in [-0.2, 0) is 68.5 Å². The molecule has 5 atom stereocenters. The van der Waals surface area contributed by atoms with E-state index >= 15 is 0 Å². The topological polar surface area (TPSA) is 171 Å². The van der Waals surface area contributed by atoms with Gasteiger partial charge in [0.2, 0.25) is 5.91 Å². The Hall–Kier alpha value is -3.59. The van der Waals surface area contributed by atoms with Gasteiger partial charge in [0.25, 0.3) is 0 Å². The first-order valence-electron chi connectivity index (χ1n) is 13.4. The fourth-order valence-corrected chi connectivity index (χ4v) is 4.01. The van der Waals surface area contributed by atoms with Gasteiger partial charge in [0.15, 0.2) is 12.4 Å². The van der Waals surface area contributed by atoms with Gasteiger partial charge in [0, 0.05) is 27.7 Å². The number of rotatable bonds is 16. The van der Waals surface area contributed by atoms with Crippen molar-refractivity contribution >= 4 is 29.8 Å². The van der Waals surface area contributed by atoms with Crippen molar-refractivity contribution in [3.05, 3.63) is 35.9 Å². The molecular weight excluding hydrogens is 558 g/mol. The average Bonchev–Trinajstić information content (AvgIpc) is 3.04. The zero-order valence-corrected chi connectivity index (χ0v) is 24.2. The van der Waals surface area contributed by atoms with Crippen molar-refractivity contribution in [2.24, 2.45) is 5.92 Å². The highest BCUT2D eigenvalue weighted by molar-refractivity contribution is 5.73. The Labute approximate surface area is 244 Å². The van der Waals surface area contributed by atoms with E-state index < -0.39 is 60.2 Å². The number of ether oxygens (including phenoxy) is 8. The molecule has 234 valence electrons. The number of amides is 1. The Bertz CT molecular complexity index is 1020. The third kappa shape index (κ3) is 13.4. The van der Waals surface area contributed by atoms with Gasteiger partial charge in [-0.15, -0.1) is 0 Å². The molecular formula is C28H39NO13. The van der Waals surface area contributed by atoms with Crippen LogP contribution >= 0.6 is 0 Å². The Morgan fingerprint density at radius 3 is 2.10 bits per heavy atom. The van der Waals surface area contributed by atoms with Crippen molar-refractivity contribution in [2.75, 3.05) is 46.2 Å². The molecule has 0 saturated carbocycles. The first-order valence-corrected chi connectivity index (χ1v) is 13.4.